The maximum absolute atomic E-state index is 11.7. The molecule has 0 bridgehead atoms. The molecule has 0 fully saturated rings. The lowest BCUT2D eigenvalue weighted by molar-refractivity contribution is -0.127. The van der Waals surface area contributed by atoms with Gasteiger partial charge in [0.2, 0.25) is 5.91 Å². The predicted molar refractivity (Wildman–Crippen MR) is 112 cm³/mol. The minimum atomic E-state index is 0. The summed E-state index contributed by atoms with van der Waals surface area (Å²) >= 11 is 0. The fraction of sp³-hybridized carbons (Fsp3) is 0.529. The maximum Gasteiger partial charge on any atom is 0.241 e. The summed E-state index contributed by atoms with van der Waals surface area (Å²) in [6.45, 7) is 5.65. The number of hydrogen-bond acceptors (Lipinski definition) is 3. The van der Waals surface area contributed by atoms with Crippen LogP contribution in [0.3, 0.4) is 0 Å². The number of anilines is 1. The van der Waals surface area contributed by atoms with E-state index in [1.807, 2.05) is 21.0 Å². The Morgan fingerprint density at radius 1 is 1.17 bits per heavy atom. The zero-order chi connectivity index (χ0) is 17.4. The van der Waals surface area contributed by atoms with E-state index < -0.39 is 0 Å². The van der Waals surface area contributed by atoms with Crippen molar-refractivity contribution in [3.05, 3.63) is 29.3 Å². The van der Waals surface area contributed by atoms with Crippen molar-refractivity contribution in [2.75, 3.05) is 46.2 Å². The Morgan fingerprint density at radius 3 is 2.33 bits per heavy atom. The summed E-state index contributed by atoms with van der Waals surface area (Å²) in [6, 6.07) is 6.34. The SMILES string of the molecule is CCNC(=NCc1ccc(N(C)C)cc1C)NCC(=O)N(C)C.I. The van der Waals surface area contributed by atoms with E-state index in [1.54, 1.807) is 19.0 Å². The summed E-state index contributed by atoms with van der Waals surface area (Å²) in [5, 5.41) is 6.22. The van der Waals surface area contributed by atoms with Gasteiger partial charge >= 0.3 is 0 Å². The monoisotopic (exact) mass is 447 g/mol. The number of hydrogen-bond donors (Lipinski definition) is 2. The van der Waals surface area contributed by atoms with Crippen LogP contribution in [-0.4, -0.2) is 58.0 Å². The van der Waals surface area contributed by atoms with Crippen LogP contribution >= 0.6 is 24.0 Å². The molecule has 0 spiro atoms. The maximum atomic E-state index is 11.7. The number of aliphatic imine (C=N–C) groups is 1. The molecule has 0 radical (unpaired) electrons. The van der Waals surface area contributed by atoms with Gasteiger partial charge in [-0.3, -0.25) is 4.79 Å². The van der Waals surface area contributed by atoms with Gasteiger partial charge in [-0.15, -0.1) is 24.0 Å². The highest BCUT2D eigenvalue weighted by Crippen LogP contribution is 2.17. The molecule has 0 aromatic heterocycles. The summed E-state index contributed by atoms with van der Waals surface area (Å²) in [7, 11) is 7.54. The van der Waals surface area contributed by atoms with Gasteiger partial charge in [0.1, 0.15) is 0 Å². The van der Waals surface area contributed by atoms with E-state index in [9.17, 15) is 4.79 Å². The standard InChI is InChI=1S/C17H29N5O.HI/c1-7-18-17(20-12-16(23)22(5)6)19-11-14-8-9-15(21(3)4)10-13(14)2;/h8-10H,7,11-12H2,1-6H3,(H2,18,19,20);1H. The number of halogens is 1. The first-order valence-corrected chi connectivity index (χ1v) is 7.84. The molecule has 136 valence electrons. The number of carbonyl (C=O) groups is 1. The van der Waals surface area contributed by atoms with E-state index in [0.717, 1.165) is 6.54 Å². The van der Waals surface area contributed by atoms with Gasteiger partial charge in [0.25, 0.3) is 0 Å². The van der Waals surface area contributed by atoms with Crippen molar-refractivity contribution >= 4 is 41.5 Å². The number of nitrogens with one attached hydrogen (secondary N) is 2. The van der Waals surface area contributed by atoms with Crippen LogP contribution in [-0.2, 0) is 11.3 Å². The molecule has 7 heteroatoms. The Bertz CT molecular complexity index is 558. The Balaban J connectivity index is 0.00000529. The largest absolute Gasteiger partial charge is 0.378 e. The molecule has 1 amide bonds. The molecule has 0 aliphatic rings. The fourth-order valence-corrected chi connectivity index (χ4v) is 1.96. The van der Waals surface area contributed by atoms with Gasteiger partial charge in [0.05, 0.1) is 13.1 Å². The van der Waals surface area contributed by atoms with Crippen molar-refractivity contribution in [2.24, 2.45) is 4.99 Å². The highest BCUT2D eigenvalue weighted by Gasteiger charge is 2.06. The molecule has 0 saturated carbocycles. The van der Waals surface area contributed by atoms with Crippen LogP contribution < -0.4 is 15.5 Å². The molecular formula is C17H30IN5O. The molecule has 1 aromatic carbocycles. The average Bonchev–Trinajstić information content (AvgIpc) is 2.50. The Morgan fingerprint density at radius 2 is 1.83 bits per heavy atom. The smallest absolute Gasteiger partial charge is 0.241 e. The number of amides is 1. The number of guanidine groups is 1. The van der Waals surface area contributed by atoms with Crippen molar-refractivity contribution in [1.29, 1.82) is 0 Å². The summed E-state index contributed by atoms with van der Waals surface area (Å²) in [5.74, 6) is 0.668. The number of aryl methyl sites for hydroxylation is 1. The van der Waals surface area contributed by atoms with Crippen molar-refractivity contribution < 1.29 is 4.79 Å². The van der Waals surface area contributed by atoms with Crippen molar-refractivity contribution in [1.82, 2.24) is 15.5 Å². The van der Waals surface area contributed by atoms with Gasteiger partial charge in [0, 0.05) is 40.4 Å². The molecule has 0 aliphatic carbocycles. The zero-order valence-corrected chi connectivity index (χ0v) is 17.8. The van der Waals surface area contributed by atoms with E-state index in [0.29, 0.717) is 12.5 Å². The van der Waals surface area contributed by atoms with E-state index in [-0.39, 0.29) is 36.4 Å². The van der Waals surface area contributed by atoms with Gasteiger partial charge < -0.3 is 20.4 Å². The lowest BCUT2D eigenvalue weighted by atomic mass is 10.1. The number of nitrogens with zero attached hydrogens (tertiary/aromatic N) is 3. The average molecular weight is 447 g/mol. The van der Waals surface area contributed by atoms with Crippen LogP contribution in [0.5, 0.6) is 0 Å². The first-order chi connectivity index (χ1) is 10.8. The molecule has 0 atom stereocenters. The van der Waals surface area contributed by atoms with Crippen molar-refractivity contribution in [2.45, 2.75) is 20.4 Å². The Hall–Kier alpha value is -1.51. The van der Waals surface area contributed by atoms with E-state index in [1.165, 1.54) is 16.8 Å². The zero-order valence-electron chi connectivity index (χ0n) is 15.5. The summed E-state index contributed by atoms with van der Waals surface area (Å²) in [6.07, 6.45) is 0. The third kappa shape index (κ3) is 7.37. The van der Waals surface area contributed by atoms with Gasteiger partial charge in [-0.2, -0.15) is 0 Å². The summed E-state index contributed by atoms with van der Waals surface area (Å²) in [4.78, 5) is 19.9. The molecular weight excluding hydrogens is 417 g/mol. The molecule has 2 N–H and O–H groups in total. The summed E-state index contributed by atoms with van der Waals surface area (Å²) in [5.41, 5.74) is 3.56. The van der Waals surface area contributed by atoms with Gasteiger partial charge in [-0.05, 0) is 37.1 Å². The molecule has 0 heterocycles. The van der Waals surface area contributed by atoms with Gasteiger partial charge in [-0.1, -0.05) is 6.07 Å². The van der Waals surface area contributed by atoms with E-state index in [4.69, 9.17) is 0 Å². The predicted octanol–water partition coefficient (Wildman–Crippen LogP) is 1.82. The highest BCUT2D eigenvalue weighted by molar-refractivity contribution is 14.0. The molecule has 6 nitrogen and oxygen atoms in total. The normalized spacial score (nSPS) is 10.7. The van der Waals surface area contributed by atoms with Crippen molar-refractivity contribution in [3.8, 4) is 0 Å². The van der Waals surface area contributed by atoms with Crippen LogP contribution in [0, 0.1) is 6.92 Å². The minimum Gasteiger partial charge on any atom is -0.378 e. The molecule has 0 aliphatic heterocycles. The van der Waals surface area contributed by atoms with Crippen LogP contribution in [0.15, 0.2) is 23.2 Å². The number of rotatable bonds is 6. The Kier molecular flexibility index (Phi) is 10.4. The number of likely N-dealkylation sites (N-methyl/N-ethyl adjacent to an activating group) is 1. The quantitative estimate of drug-likeness (QED) is 0.397. The first-order valence-electron chi connectivity index (χ1n) is 7.84. The minimum absolute atomic E-state index is 0. The lowest BCUT2D eigenvalue weighted by Crippen LogP contribution is -2.42. The van der Waals surface area contributed by atoms with Gasteiger partial charge in [-0.25, -0.2) is 4.99 Å². The fourth-order valence-electron chi connectivity index (χ4n) is 1.96. The van der Waals surface area contributed by atoms with E-state index >= 15 is 0 Å². The second kappa shape index (κ2) is 11.1. The second-order valence-corrected chi connectivity index (χ2v) is 5.84. The second-order valence-electron chi connectivity index (χ2n) is 5.84. The lowest BCUT2D eigenvalue weighted by Gasteiger charge is -2.16. The number of carbonyl (C=O) groups excluding carboxylic acids is 1. The molecule has 0 unspecified atom stereocenters. The molecule has 1 rings (SSSR count). The topological polar surface area (TPSA) is 60.0 Å². The molecule has 1 aromatic rings. The molecule has 24 heavy (non-hydrogen) atoms. The van der Waals surface area contributed by atoms with Crippen molar-refractivity contribution in [3.63, 3.8) is 0 Å². The van der Waals surface area contributed by atoms with Crippen LogP contribution in [0.2, 0.25) is 0 Å². The van der Waals surface area contributed by atoms with Crippen LogP contribution in [0.25, 0.3) is 0 Å². The highest BCUT2D eigenvalue weighted by atomic mass is 127. The van der Waals surface area contributed by atoms with E-state index in [2.05, 4.69) is 45.6 Å². The third-order valence-corrected chi connectivity index (χ3v) is 3.50. The molecule has 0 saturated heterocycles. The van der Waals surface area contributed by atoms with Gasteiger partial charge in [0.15, 0.2) is 5.96 Å². The number of benzene rings is 1. The van der Waals surface area contributed by atoms with Crippen LogP contribution in [0.4, 0.5) is 5.69 Å². The van der Waals surface area contributed by atoms with Crippen LogP contribution in [0.1, 0.15) is 18.1 Å². The third-order valence-electron chi connectivity index (χ3n) is 3.50. The Labute approximate surface area is 162 Å². The summed E-state index contributed by atoms with van der Waals surface area (Å²) < 4.78 is 0. The first kappa shape index (κ1) is 22.5.